The van der Waals surface area contributed by atoms with Crippen LogP contribution in [0, 0.1) is 17.8 Å². The molecule has 0 aliphatic rings. The summed E-state index contributed by atoms with van der Waals surface area (Å²) in [6.07, 6.45) is 1.87. The van der Waals surface area contributed by atoms with Crippen molar-refractivity contribution in [2.75, 3.05) is 6.54 Å². The highest BCUT2D eigenvalue weighted by atomic mass is 14.9. The van der Waals surface area contributed by atoms with E-state index in [1.165, 1.54) is 10.9 Å². The first-order chi connectivity index (χ1) is 9.59. The van der Waals surface area contributed by atoms with Crippen molar-refractivity contribution < 1.29 is 0 Å². The Morgan fingerprint density at radius 3 is 2.40 bits per heavy atom. The topological polar surface area (TPSA) is 24.9 Å². The fourth-order valence-electron chi connectivity index (χ4n) is 2.92. The van der Waals surface area contributed by atoms with E-state index in [1.54, 1.807) is 0 Å². The van der Waals surface area contributed by atoms with Gasteiger partial charge in [-0.2, -0.15) is 0 Å². The average Bonchev–Trinajstić information content (AvgIpc) is 2.42. The largest absolute Gasteiger partial charge is 0.312 e. The minimum atomic E-state index is 0.716. The fraction of sp³-hybridized carbons (Fsp3) is 0.500. The van der Waals surface area contributed by atoms with Crippen molar-refractivity contribution in [3.63, 3.8) is 0 Å². The minimum absolute atomic E-state index is 0.716. The van der Waals surface area contributed by atoms with Gasteiger partial charge < -0.3 is 5.32 Å². The van der Waals surface area contributed by atoms with Gasteiger partial charge in [0, 0.05) is 18.1 Å². The molecule has 20 heavy (non-hydrogen) atoms. The van der Waals surface area contributed by atoms with E-state index >= 15 is 0 Å². The second kappa shape index (κ2) is 6.85. The summed E-state index contributed by atoms with van der Waals surface area (Å²) < 4.78 is 0. The number of nitrogens with one attached hydrogen (secondary N) is 1. The summed E-state index contributed by atoms with van der Waals surface area (Å²) in [5.74, 6) is 2.15. The van der Waals surface area contributed by atoms with Gasteiger partial charge in [-0.15, -0.1) is 0 Å². The van der Waals surface area contributed by atoms with E-state index in [-0.39, 0.29) is 0 Å². The third-order valence-corrected chi connectivity index (χ3v) is 4.12. The first-order valence-corrected chi connectivity index (χ1v) is 7.63. The summed E-state index contributed by atoms with van der Waals surface area (Å²) in [6.45, 7) is 11.2. The fourth-order valence-corrected chi connectivity index (χ4v) is 2.92. The lowest BCUT2D eigenvalue weighted by molar-refractivity contribution is 0.275. The van der Waals surface area contributed by atoms with E-state index < -0.39 is 0 Å². The van der Waals surface area contributed by atoms with Gasteiger partial charge in [0.25, 0.3) is 0 Å². The second-order valence-corrected chi connectivity index (χ2v) is 6.28. The molecule has 2 aromatic rings. The van der Waals surface area contributed by atoms with Crippen molar-refractivity contribution >= 4 is 10.9 Å². The molecule has 1 aromatic heterocycles. The van der Waals surface area contributed by atoms with Crippen molar-refractivity contribution in [2.24, 2.45) is 17.8 Å². The molecule has 0 radical (unpaired) electrons. The molecule has 0 aliphatic heterocycles. The molecule has 2 rings (SSSR count). The number of pyridine rings is 1. The highest BCUT2D eigenvalue weighted by Crippen LogP contribution is 2.20. The first kappa shape index (κ1) is 15.0. The lowest BCUT2D eigenvalue weighted by atomic mass is 9.85. The van der Waals surface area contributed by atoms with Crippen LogP contribution in [-0.2, 0) is 6.54 Å². The van der Waals surface area contributed by atoms with E-state index in [1.807, 2.05) is 12.3 Å². The van der Waals surface area contributed by atoms with Gasteiger partial charge in [-0.3, -0.25) is 4.98 Å². The van der Waals surface area contributed by atoms with E-state index in [0.717, 1.165) is 24.5 Å². The van der Waals surface area contributed by atoms with Crippen molar-refractivity contribution in [3.05, 3.63) is 42.1 Å². The normalized spacial score (nSPS) is 11.9. The number of benzene rings is 1. The van der Waals surface area contributed by atoms with Gasteiger partial charge in [0.05, 0.1) is 5.52 Å². The van der Waals surface area contributed by atoms with E-state index in [9.17, 15) is 0 Å². The van der Waals surface area contributed by atoms with Crippen LogP contribution in [0.5, 0.6) is 0 Å². The van der Waals surface area contributed by atoms with Gasteiger partial charge in [0.15, 0.2) is 0 Å². The minimum Gasteiger partial charge on any atom is -0.312 e. The summed E-state index contributed by atoms with van der Waals surface area (Å²) in [7, 11) is 0. The summed E-state index contributed by atoms with van der Waals surface area (Å²) in [4.78, 5) is 4.51. The molecule has 1 N–H and O–H groups in total. The van der Waals surface area contributed by atoms with E-state index in [0.29, 0.717) is 11.8 Å². The van der Waals surface area contributed by atoms with Crippen LogP contribution in [0.1, 0.15) is 33.3 Å². The average molecular weight is 270 g/mol. The first-order valence-electron chi connectivity index (χ1n) is 7.63. The zero-order valence-corrected chi connectivity index (χ0v) is 13.1. The number of rotatable bonds is 6. The molecule has 2 heteroatoms. The molecule has 2 nitrogen and oxygen atoms in total. The Kier molecular flexibility index (Phi) is 5.13. The predicted octanol–water partition coefficient (Wildman–Crippen LogP) is 4.25. The maximum Gasteiger partial charge on any atom is 0.0746 e. The lowest BCUT2D eigenvalue weighted by Gasteiger charge is -2.25. The maximum atomic E-state index is 4.51. The zero-order valence-electron chi connectivity index (χ0n) is 13.1. The van der Waals surface area contributed by atoms with Crippen molar-refractivity contribution in [2.45, 2.75) is 34.2 Å². The van der Waals surface area contributed by atoms with E-state index in [2.05, 4.69) is 62.3 Å². The highest BCUT2D eigenvalue weighted by Gasteiger charge is 2.16. The summed E-state index contributed by atoms with van der Waals surface area (Å²) in [5, 5.41) is 4.84. The number of aromatic nitrogens is 1. The molecule has 0 atom stereocenters. The van der Waals surface area contributed by atoms with Crippen LogP contribution in [0.3, 0.4) is 0 Å². The molecule has 0 fully saturated rings. The van der Waals surface area contributed by atoms with Gasteiger partial charge >= 0.3 is 0 Å². The number of fused-ring (bicyclic) bond motifs is 1. The zero-order chi connectivity index (χ0) is 14.5. The van der Waals surface area contributed by atoms with Crippen LogP contribution in [0.15, 0.2) is 36.5 Å². The maximum absolute atomic E-state index is 4.51. The quantitative estimate of drug-likeness (QED) is 0.848. The summed E-state index contributed by atoms with van der Waals surface area (Å²) in [5.41, 5.74) is 2.41. The molecular weight excluding hydrogens is 244 g/mol. The SMILES string of the molecule is CC(C)C(CNCc1cccc2cccnc12)C(C)C. The molecular formula is C18H26N2. The monoisotopic (exact) mass is 270 g/mol. The smallest absolute Gasteiger partial charge is 0.0746 e. The predicted molar refractivity (Wildman–Crippen MR) is 86.6 cm³/mol. The van der Waals surface area contributed by atoms with Gasteiger partial charge in [0.1, 0.15) is 0 Å². The van der Waals surface area contributed by atoms with Crippen LogP contribution >= 0.6 is 0 Å². The third-order valence-electron chi connectivity index (χ3n) is 4.12. The molecule has 1 aromatic carbocycles. The second-order valence-electron chi connectivity index (χ2n) is 6.28. The van der Waals surface area contributed by atoms with Crippen molar-refractivity contribution in [1.82, 2.24) is 10.3 Å². The molecule has 0 saturated carbocycles. The lowest BCUT2D eigenvalue weighted by Crippen LogP contribution is -2.29. The molecule has 0 unspecified atom stereocenters. The molecule has 0 spiro atoms. The Balaban J connectivity index is 2.03. The number of hydrogen-bond acceptors (Lipinski definition) is 2. The third kappa shape index (κ3) is 3.57. The van der Waals surface area contributed by atoms with Crippen LogP contribution in [0.4, 0.5) is 0 Å². The Labute approximate surface area is 122 Å². The Bertz CT molecular complexity index is 533. The molecule has 0 bridgehead atoms. The molecule has 108 valence electrons. The Morgan fingerprint density at radius 2 is 1.70 bits per heavy atom. The van der Waals surface area contributed by atoms with Crippen molar-refractivity contribution in [3.8, 4) is 0 Å². The van der Waals surface area contributed by atoms with Crippen LogP contribution in [0.25, 0.3) is 10.9 Å². The number of para-hydroxylation sites is 1. The number of nitrogens with zero attached hydrogens (tertiary/aromatic N) is 1. The molecule has 0 saturated heterocycles. The summed E-state index contributed by atoms with van der Waals surface area (Å²) in [6, 6.07) is 10.5. The van der Waals surface area contributed by atoms with Crippen LogP contribution < -0.4 is 5.32 Å². The van der Waals surface area contributed by atoms with Gasteiger partial charge in [0.2, 0.25) is 0 Å². The molecule has 0 amide bonds. The van der Waals surface area contributed by atoms with Gasteiger partial charge in [-0.05, 0) is 35.9 Å². The standard InChI is InChI=1S/C18H26N2/c1-13(2)17(14(3)4)12-19-11-16-8-5-7-15-9-6-10-20-18(15)16/h5-10,13-14,17,19H,11-12H2,1-4H3. The Hall–Kier alpha value is -1.41. The van der Waals surface area contributed by atoms with Gasteiger partial charge in [-0.1, -0.05) is 52.0 Å². The number of hydrogen-bond donors (Lipinski definition) is 1. The molecule has 0 aliphatic carbocycles. The van der Waals surface area contributed by atoms with Gasteiger partial charge in [-0.25, -0.2) is 0 Å². The van der Waals surface area contributed by atoms with Crippen LogP contribution in [0.2, 0.25) is 0 Å². The Morgan fingerprint density at radius 1 is 1.00 bits per heavy atom. The molecule has 1 heterocycles. The summed E-state index contributed by atoms with van der Waals surface area (Å²) >= 11 is 0. The highest BCUT2D eigenvalue weighted by molar-refractivity contribution is 5.81. The van der Waals surface area contributed by atoms with Crippen LogP contribution in [-0.4, -0.2) is 11.5 Å². The van der Waals surface area contributed by atoms with E-state index in [4.69, 9.17) is 0 Å². The van der Waals surface area contributed by atoms with Crippen molar-refractivity contribution in [1.29, 1.82) is 0 Å².